The SMILES string of the molecule is Cc1ccc(NC(=O)c2cncc(Br)c2)c(F)c1. The van der Waals surface area contributed by atoms with Crippen molar-refractivity contribution in [3.8, 4) is 0 Å². The number of aromatic nitrogens is 1. The van der Waals surface area contributed by atoms with E-state index in [0.29, 0.717) is 10.0 Å². The summed E-state index contributed by atoms with van der Waals surface area (Å²) in [4.78, 5) is 15.7. The molecule has 0 spiro atoms. The molecule has 0 aliphatic rings. The number of anilines is 1. The maximum Gasteiger partial charge on any atom is 0.257 e. The number of rotatable bonds is 2. The number of amides is 1. The molecule has 0 saturated carbocycles. The van der Waals surface area contributed by atoms with Crippen LogP contribution in [0.2, 0.25) is 0 Å². The normalized spacial score (nSPS) is 10.2. The van der Waals surface area contributed by atoms with Crippen molar-refractivity contribution in [2.24, 2.45) is 0 Å². The zero-order valence-corrected chi connectivity index (χ0v) is 11.2. The highest BCUT2D eigenvalue weighted by Gasteiger charge is 2.09. The van der Waals surface area contributed by atoms with Crippen LogP contribution in [0.1, 0.15) is 15.9 Å². The van der Waals surface area contributed by atoms with Gasteiger partial charge in [-0.05, 0) is 46.6 Å². The highest BCUT2D eigenvalue weighted by molar-refractivity contribution is 9.10. The summed E-state index contributed by atoms with van der Waals surface area (Å²) >= 11 is 3.22. The van der Waals surface area contributed by atoms with Gasteiger partial charge in [-0.25, -0.2) is 4.39 Å². The summed E-state index contributed by atoms with van der Waals surface area (Å²) in [6.45, 7) is 1.78. The van der Waals surface area contributed by atoms with Gasteiger partial charge in [0, 0.05) is 16.9 Å². The third-order valence-corrected chi connectivity index (χ3v) is 2.77. The largest absolute Gasteiger partial charge is 0.319 e. The fourth-order valence-electron chi connectivity index (χ4n) is 1.45. The quantitative estimate of drug-likeness (QED) is 0.922. The molecule has 0 aliphatic heterocycles. The van der Waals surface area contributed by atoms with Crippen molar-refractivity contribution in [1.82, 2.24) is 4.98 Å². The Hall–Kier alpha value is -1.75. The van der Waals surface area contributed by atoms with Gasteiger partial charge in [0.25, 0.3) is 5.91 Å². The summed E-state index contributed by atoms with van der Waals surface area (Å²) in [5.41, 5.74) is 1.32. The minimum atomic E-state index is -0.452. The van der Waals surface area contributed by atoms with Crippen molar-refractivity contribution < 1.29 is 9.18 Å². The van der Waals surface area contributed by atoms with Crippen LogP contribution < -0.4 is 5.32 Å². The van der Waals surface area contributed by atoms with E-state index in [-0.39, 0.29) is 5.69 Å². The molecule has 1 aromatic carbocycles. The van der Waals surface area contributed by atoms with Gasteiger partial charge in [0.15, 0.2) is 0 Å². The number of pyridine rings is 1. The summed E-state index contributed by atoms with van der Waals surface area (Å²) in [6.07, 6.45) is 3.00. The Morgan fingerprint density at radius 3 is 2.78 bits per heavy atom. The number of nitrogens with one attached hydrogen (secondary N) is 1. The van der Waals surface area contributed by atoms with E-state index in [1.54, 1.807) is 25.3 Å². The molecule has 5 heteroatoms. The fourth-order valence-corrected chi connectivity index (χ4v) is 1.82. The predicted molar refractivity (Wildman–Crippen MR) is 71.0 cm³/mol. The summed E-state index contributed by atoms with van der Waals surface area (Å²) < 4.78 is 14.3. The average molecular weight is 309 g/mol. The lowest BCUT2D eigenvalue weighted by molar-refractivity contribution is 0.102. The van der Waals surface area contributed by atoms with E-state index in [4.69, 9.17) is 0 Å². The van der Waals surface area contributed by atoms with E-state index in [9.17, 15) is 9.18 Å². The number of hydrogen-bond donors (Lipinski definition) is 1. The Balaban J connectivity index is 2.21. The van der Waals surface area contributed by atoms with Crippen LogP contribution >= 0.6 is 15.9 Å². The lowest BCUT2D eigenvalue weighted by Gasteiger charge is -2.07. The monoisotopic (exact) mass is 308 g/mol. The Bertz CT molecular complexity index is 601. The van der Waals surface area contributed by atoms with Crippen LogP contribution in [0.4, 0.5) is 10.1 Å². The molecule has 1 N–H and O–H groups in total. The highest BCUT2D eigenvalue weighted by atomic mass is 79.9. The molecule has 1 amide bonds. The van der Waals surface area contributed by atoms with E-state index in [1.807, 2.05) is 0 Å². The van der Waals surface area contributed by atoms with Crippen molar-refractivity contribution in [3.05, 3.63) is 58.1 Å². The average Bonchev–Trinajstić information content (AvgIpc) is 2.32. The molecule has 2 rings (SSSR count). The third-order valence-electron chi connectivity index (χ3n) is 2.34. The van der Waals surface area contributed by atoms with Gasteiger partial charge in [0.05, 0.1) is 11.3 Å². The molecule has 0 aliphatic carbocycles. The zero-order chi connectivity index (χ0) is 13.1. The zero-order valence-electron chi connectivity index (χ0n) is 9.58. The topological polar surface area (TPSA) is 42.0 Å². The minimum Gasteiger partial charge on any atom is -0.319 e. The number of carbonyl (C=O) groups is 1. The van der Waals surface area contributed by atoms with Crippen LogP contribution in [0.25, 0.3) is 0 Å². The van der Waals surface area contributed by atoms with Gasteiger partial charge < -0.3 is 5.32 Å². The Labute approximate surface area is 112 Å². The first kappa shape index (κ1) is 12.7. The predicted octanol–water partition coefficient (Wildman–Crippen LogP) is 3.54. The van der Waals surface area contributed by atoms with Crippen LogP contribution in [0.15, 0.2) is 41.1 Å². The van der Waals surface area contributed by atoms with Gasteiger partial charge >= 0.3 is 0 Å². The number of hydrogen-bond acceptors (Lipinski definition) is 2. The minimum absolute atomic E-state index is 0.158. The molecule has 3 nitrogen and oxygen atoms in total. The molecule has 0 fully saturated rings. The number of carbonyl (C=O) groups excluding carboxylic acids is 1. The summed E-state index contributed by atoms with van der Waals surface area (Å²) in [5.74, 6) is -0.849. The molecule has 0 unspecified atom stereocenters. The summed E-state index contributed by atoms with van der Waals surface area (Å²) in [6, 6.07) is 6.26. The second kappa shape index (κ2) is 5.27. The van der Waals surface area contributed by atoms with Crippen LogP contribution in [0.5, 0.6) is 0 Å². The number of benzene rings is 1. The van der Waals surface area contributed by atoms with Crippen molar-refractivity contribution in [1.29, 1.82) is 0 Å². The molecular weight excluding hydrogens is 299 g/mol. The van der Waals surface area contributed by atoms with E-state index in [0.717, 1.165) is 5.56 Å². The van der Waals surface area contributed by atoms with Crippen molar-refractivity contribution in [2.75, 3.05) is 5.32 Å². The molecule has 0 atom stereocenters. The first-order valence-electron chi connectivity index (χ1n) is 5.24. The van der Waals surface area contributed by atoms with E-state index in [2.05, 4.69) is 26.2 Å². The molecule has 1 aromatic heterocycles. The van der Waals surface area contributed by atoms with Crippen LogP contribution in [0.3, 0.4) is 0 Å². The van der Waals surface area contributed by atoms with E-state index >= 15 is 0 Å². The van der Waals surface area contributed by atoms with Crippen molar-refractivity contribution in [3.63, 3.8) is 0 Å². The van der Waals surface area contributed by atoms with Crippen molar-refractivity contribution >= 4 is 27.5 Å². The van der Waals surface area contributed by atoms with Gasteiger partial charge in [-0.15, -0.1) is 0 Å². The third kappa shape index (κ3) is 2.92. The Morgan fingerprint density at radius 2 is 2.11 bits per heavy atom. The first-order chi connectivity index (χ1) is 8.56. The van der Waals surface area contributed by atoms with Crippen LogP contribution in [-0.4, -0.2) is 10.9 Å². The lowest BCUT2D eigenvalue weighted by Crippen LogP contribution is -2.13. The molecule has 0 radical (unpaired) electrons. The molecular formula is C13H10BrFN2O. The van der Waals surface area contributed by atoms with Crippen LogP contribution in [-0.2, 0) is 0 Å². The Kier molecular flexibility index (Phi) is 3.72. The molecule has 1 heterocycles. The molecule has 0 saturated heterocycles. The number of nitrogens with zero attached hydrogens (tertiary/aromatic N) is 1. The molecule has 18 heavy (non-hydrogen) atoms. The standard InChI is InChI=1S/C13H10BrFN2O/c1-8-2-3-12(11(15)4-8)17-13(18)9-5-10(14)7-16-6-9/h2-7H,1H3,(H,17,18). The van der Waals surface area contributed by atoms with Gasteiger partial charge in [0.2, 0.25) is 0 Å². The maximum atomic E-state index is 13.6. The number of aryl methyl sites for hydroxylation is 1. The van der Waals surface area contributed by atoms with Gasteiger partial charge in [-0.1, -0.05) is 6.07 Å². The summed E-state index contributed by atoms with van der Waals surface area (Å²) in [7, 11) is 0. The van der Waals surface area contributed by atoms with Gasteiger partial charge in [0.1, 0.15) is 5.82 Å². The molecule has 92 valence electrons. The lowest BCUT2D eigenvalue weighted by atomic mass is 10.2. The van der Waals surface area contributed by atoms with Gasteiger partial charge in [-0.3, -0.25) is 9.78 Å². The maximum absolute atomic E-state index is 13.6. The van der Waals surface area contributed by atoms with Gasteiger partial charge in [-0.2, -0.15) is 0 Å². The van der Waals surface area contributed by atoms with Crippen molar-refractivity contribution in [2.45, 2.75) is 6.92 Å². The summed E-state index contributed by atoms with van der Waals surface area (Å²) in [5, 5.41) is 2.51. The smallest absolute Gasteiger partial charge is 0.257 e. The van der Waals surface area contributed by atoms with E-state index in [1.165, 1.54) is 18.3 Å². The van der Waals surface area contributed by atoms with E-state index < -0.39 is 11.7 Å². The molecule has 2 aromatic rings. The second-order valence-electron chi connectivity index (χ2n) is 3.83. The highest BCUT2D eigenvalue weighted by Crippen LogP contribution is 2.17. The number of halogens is 2. The Morgan fingerprint density at radius 1 is 1.33 bits per heavy atom. The first-order valence-corrected chi connectivity index (χ1v) is 6.03. The second-order valence-corrected chi connectivity index (χ2v) is 4.74. The molecule has 0 bridgehead atoms. The van der Waals surface area contributed by atoms with Crippen LogP contribution in [0, 0.1) is 12.7 Å². The fraction of sp³-hybridized carbons (Fsp3) is 0.0769.